The van der Waals surface area contributed by atoms with Gasteiger partial charge in [-0.05, 0) is 13.8 Å². The summed E-state index contributed by atoms with van der Waals surface area (Å²) in [6.07, 6.45) is 3.43. The molecule has 0 saturated carbocycles. The molecular weight excluding hydrogens is 204 g/mol. The molecule has 0 aromatic carbocycles. The van der Waals surface area contributed by atoms with E-state index < -0.39 is 0 Å². The van der Waals surface area contributed by atoms with Gasteiger partial charge in [-0.3, -0.25) is 0 Å². The lowest BCUT2D eigenvalue weighted by molar-refractivity contribution is 0.392. The molecule has 1 aromatic rings. The highest BCUT2D eigenvalue weighted by atomic mass is 16.5. The van der Waals surface area contributed by atoms with Crippen molar-refractivity contribution in [3.63, 3.8) is 0 Å². The number of nitrogens with one attached hydrogen (secondary N) is 1. The highest BCUT2D eigenvalue weighted by molar-refractivity contribution is 5.37. The molecule has 1 N–H and O–H groups in total. The van der Waals surface area contributed by atoms with Crippen LogP contribution in [-0.2, 0) is 0 Å². The Morgan fingerprint density at radius 1 is 1.25 bits per heavy atom. The summed E-state index contributed by atoms with van der Waals surface area (Å²) in [4.78, 5) is 10.8. The number of hydrogen-bond acceptors (Lipinski definition) is 5. The van der Waals surface area contributed by atoms with Crippen LogP contribution in [0.25, 0.3) is 0 Å². The Morgan fingerprint density at radius 3 is 2.44 bits per heavy atom. The van der Waals surface area contributed by atoms with E-state index in [0.717, 1.165) is 18.9 Å². The quantitative estimate of drug-likeness (QED) is 0.797. The fourth-order valence-electron chi connectivity index (χ4n) is 2.09. The van der Waals surface area contributed by atoms with E-state index in [4.69, 9.17) is 4.74 Å². The summed E-state index contributed by atoms with van der Waals surface area (Å²) in [5.41, 5.74) is 0. The van der Waals surface area contributed by atoms with Crippen LogP contribution in [0.5, 0.6) is 5.88 Å². The van der Waals surface area contributed by atoms with Crippen LogP contribution in [0.4, 0.5) is 5.82 Å². The Labute approximate surface area is 95.8 Å². The number of methoxy groups -OCH3 is 1. The minimum absolute atomic E-state index is 0.479. The van der Waals surface area contributed by atoms with Crippen LogP contribution in [0.3, 0.4) is 0 Å². The van der Waals surface area contributed by atoms with Crippen molar-refractivity contribution >= 4 is 5.82 Å². The van der Waals surface area contributed by atoms with Gasteiger partial charge < -0.3 is 15.0 Å². The predicted molar refractivity (Wildman–Crippen MR) is 62.9 cm³/mol. The lowest BCUT2D eigenvalue weighted by Gasteiger charge is -2.36. The van der Waals surface area contributed by atoms with E-state index in [-0.39, 0.29) is 0 Å². The summed E-state index contributed by atoms with van der Waals surface area (Å²) >= 11 is 0. The van der Waals surface area contributed by atoms with E-state index in [2.05, 4.69) is 34.0 Å². The van der Waals surface area contributed by atoms with E-state index in [9.17, 15) is 0 Å². The van der Waals surface area contributed by atoms with Gasteiger partial charge in [-0.25, -0.2) is 9.97 Å². The number of piperazine rings is 1. The zero-order chi connectivity index (χ0) is 11.5. The average Bonchev–Trinajstić information content (AvgIpc) is 2.28. The molecule has 1 aliphatic rings. The minimum Gasteiger partial charge on any atom is -0.480 e. The van der Waals surface area contributed by atoms with E-state index >= 15 is 0 Å². The molecule has 2 atom stereocenters. The average molecular weight is 222 g/mol. The summed E-state index contributed by atoms with van der Waals surface area (Å²) in [5.74, 6) is 1.47. The molecule has 0 spiro atoms. The van der Waals surface area contributed by atoms with Gasteiger partial charge in [0.05, 0.1) is 19.5 Å². The maximum atomic E-state index is 4.99. The monoisotopic (exact) mass is 222 g/mol. The van der Waals surface area contributed by atoms with Crippen LogP contribution in [0.2, 0.25) is 0 Å². The van der Waals surface area contributed by atoms with Crippen LogP contribution in [0.15, 0.2) is 12.4 Å². The smallest absolute Gasteiger partial charge is 0.232 e. The van der Waals surface area contributed by atoms with Crippen LogP contribution in [0, 0.1) is 0 Å². The maximum absolute atomic E-state index is 4.99. The van der Waals surface area contributed by atoms with Gasteiger partial charge in [-0.2, -0.15) is 0 Å². The van der Waals surface area contributed by atoms with E-state index in [1.807, 2.05) is 0 Å². The molecule has 16 heavy (non-hydrogen) atoms. The minimum atomic E-state index is 0.479. The molecule has 0 aliphatic carbocycles. The highest BCUT2D eigenvalue weighted by Gasteiger charge is 2.21. The summed E-state index contributed by atoms with van der Waals surface area (Å²) in [6, 6.07) is 0.959. The molecule has 1 aliphatic heterocycles. The summed E-state index contributed by atoms with van der Waals surface area (Å²) in [6.45, 7) is 6.29. The van der Waals surface area contributed by atoms with Crippen molar-refractivity contribution in [2.24, 2.45) is 0 Å². The third-order valence-corrected chi connectivity index (χ3v) is 2.71. The summed E-state index contributed by atoms with van der Waals surface area (Å²) in [5, 5.41) is 3.49. The standard InChI is InChI=1S/C11H18N4O/c1-8-6-15(7-9(2)14-8)10-4-13-11(16-3)5-12-10/h4-5,8-9,14H,6-7H2,1-3H3/t8-,9-/m1/s1. The Bertz CT molecular complexity index is 330. The number of aromatic nitrogens is 2. The zero-order valence-electron chi connectivity index (χ0n) is 9.97. The lowest BCUT2D eigenvalue weighted by atomic mass is 10.1. The van der Waals surface area contributed by atoms with Crippen molar-refractivity contribution in [3.05, 3.63) is 12.4 Å². The van der Waals surface area contributed by atoms with Gasteiger partial charge in [0.1, 0.15) is 5.82 Å². The second-order valence-electron chi connectivity index (χ2n) is 4.29. The molecule has 0 unspecified atom stereocenters. The summed E-state index contributed by atoms with van der Waals surface area (Å²) in [7, 11) is 1.60. The number of nitrogens with zero attached hydrogens (tertiary/aromatic N) is 3. The molecule has 2 heterocycles. The highest BCUT2D eigenvalue weighted by Crippen LogP contribution is 2.15. The molecule has 0 radical (unpaired) electrons. The SMILES string of the molecule is COc1cnc(N2C[C@@H](C)N[C@H](C)C2)cn1. The number of anilines is 1. The molecule has 0 bridgehead atoms. The van der Waals surface area contributed by atoms with Crippen LogP contribution >= 0.6 is 0 Å². The Morgan fingerprint density at radius 2 is 1.94 bits per heavy atom. The fourth-order valence-corrected chi connectivity index (χ4v) is 2.09. The van der Waals surface area contributed by atoms with Gasteiger partial charge in [0.25, 0.3) is 0 Å². The molecule has 1 aromatic heterocycles. The first kappa shape index (κ1) is 11.1. The molecule has 5 nitrogen and oxygen atoms in total. The van der Waals surface area contributed by atoms with Gasteiger partial charge in [-0.1, -0.05) is 0 Å². The normalized spacial score (nSPS) is 25.6. The number of ether oxygens (including phenoxy) is 1. The molecule has 2 rings (SSSR count). The van der Waals surface area contributed by atoms with Crippen molar-refractivity contribution in [3.8, 4) is 5.88 Å². The van der Waals surface area contributed by atoms with Crippen molar-refractivity contribution in [2.45, 2.75) is 25.9 Å². The lowest BCUT2D eigenvalue weighted by Crippen LogP contribution is -2.54. The van der Waals surface area contributed by atoms with Gasteiger partial charge in [0, 0.05) is 25.2 Å². The van der Waals surface area contributed by atoms with Crippen molar-refractivity contribution in [1.29, 1.82) is 0 Å². The second-order valence-corrected chi connectivity index (χ2v) is 4.29. The van der Waals surface area contributed by atoms with Gasteiger partial charge >= 0.3 is 0 Å². The van der Waals surface area contributed by atoms with Crippen molar-refractivity contribution < 1.29 is 4.74 Å². The second kappa shape index (κ2) is 4.65. The van der Waals surface area contributed by atoms with E-state index in [1.165, 1.54) is 0 Å². The van der Waals surface area contributed by atoms with Gasteiger partial charge in [0.2, 0.25) is 5.88 Å². The van der Waals surface area contributed by atoms with Crippen LogP contribution < -0.4 is 15.0 Å². The Kier molecular flexibility index (Phi) is 3.24. The Balaban J connectivity index is 2.10. The molecule has 88 valence electrons. The van der Waals surface area contributed by atoms with Crippen LogP contribution in [0.1, 0.15) is 13.8 Å². The van der Waals surface area contributed by atoms with Gasteiger partial charge in [0.15, 0.2) is 0 Å². The van der Waals surface area contributed by atoms with Crippen LogP contribution in [-0.4, -0.2) is 42.3 Å². The predicted octanol–water partition coefficient (Wildman–Crippen LogP) is 0.672. The fraction of sp³-hybridized carbons (Fsp3) is 0.636. The number of hydrogen-bond donors (Lipinski definition) is 1. The number of rotatable bonds is 2. The molecule has 1 fully saturated rings. The summed E-state index contributed by atoms with van der Waals surface area (Å²) < 4.78 is 4.99. The first-order valence-corrected chi connectivity index (χ1v) is 5.56. The maximum Gasteiger partial charge on any atom is 0.232 e. The third-order valence-electron chi connectivity index (χ3n) is 2.71. The van der Waals surface area contributed by atoms with E-state index in [0.29, 0.717) is 18.0 Å². The molecule has 1 saturated heterocycles. The topological polar surface area (TPSA) is 50.3 Å². The molecule has 0 amide bonds. The molecular formula is C11H18N4O. The van der Waals surface area contributed by atoms with Gasteiger partial charge in [-0.15, -0.1) is 0 Å². The third kappa shape index (κ3) is 2.41. The first-order chi connectivity index (χ1) is 7.69. The largest absolute Gasteiger partial charge is 0.480 e. The van der Waals surface area contributed by atoms with Crippen molar-refractivity contribution in [2.75, 3.05) is 25.1 Å². The first-order valence-electron chi connectivity index (χ1n) is 5.56. The zero-order valence-corrected chi connectivity index (χ0v) is 9.97. The van der Waals surface area contributed by atoms with E-state index in [1.54, 1.807) is 19.5 Å². The molecule has 5 heteroatoms. The Hall–Kier alpha value is -1.36. The van der Waals surface area contributed by atoms with Crippen molar-refractivity contribution in [1.82, 2.24) is 15.3 Å².